The van der Waals surface area contributed by atoms with E-state index in [1.807, 2.05) is 0 Å². The number of halogens is 2. The van der Waals surface area contributed by atoms with Crippen LogP contribution in [0.3, 0.4) is 0 Å². The van der Waals surface area contributed by atoms with Gasteiger partial charge in [0, 0.05) is 19.3 Å². The van der Waals surface area contributed by atoms with Crippen LogP contribution in [-0.4, -0.2) is 50.8 Å². The maximum Gasteiger partial charge on any atom is 0.329 e. The van der Waals surface area contributed by atoms with Crippen molar-refractivity contribution in [2.75, 3.05) is 32.2 Å². The molecule has 0 spiro atoms. The van der Waals surface area contributed by atoms with Crippen LogP contribution in [0.25, 0.3) is 0 Å². The minimum absolute atomic E-state index is 0.106. The van der Waals surface area contributed by atoms with Crippen molar-refractivity contribution in [2.45, 2.75) is 0 Å². The summed E-state index contributed by atoms with van der Waals surface area (Å²) in [5.41, 5.74) is 2.99. The van der Waals surface area contributed by atoms with Crippen molar-refractivity contribution >= 4 is 41.2 Å². The zero-order valence-corrected chi connectivity index (χ0v) is 17.2. The lowest BCUT2D eigenvalue weighted by Gasteiger charge is -2.08. The summed E-state index contributed by atoms with van der Waals surface area (Å²) < 4.78 is 23.3. The Balaban J connectivity index is 1.82. The average Bonchev–Trinajstić information content (AvgIpc) is 2.75. The van der Waals surface area contributed by atoms with Crippen molar-refractivity contribution in [3.05, 3.63) is 58.9 Å². The van der Waals surface area contributed by atoms with Gasteiger partial charge in [0.1, 0.15) is 11.6 Å². The molecule has 3 amide bonds. The third-order valence-corrected chi connectivity index (χ3v) is 3.90. The fourth-order valence-corrected chi connectivity index (χ4v) is 2.35. The molecule has 164 valence electrons. The van der Waals surface area contributed by atoms with Gasteiger partial charge in [-0.2, -0.15) is 5.10 Å². The molecular weight excluding hydrogens is 431 g/mol. The molecule has 0 fully saturated rings. The number of rotatable bonds is 9. The second-order valence-electron chi connectivity index (χ2n) is 5.99. The molecule has 0 bridgehead atoms. The Morgan fingerprint density at radius 3 is 2.71 bits per heavy atom. The highest BCUT2D eigenvalue weighted by Gasteiger charge is 2.11. The predicted octanol–water partition coefficient (Wildman–Crippen LogP) is 1.71. The molecule has 0 aliphatic heterocycles. The second kappa shape index (κ2) is 12.3. The largest absolute Gasteiger partial charge is 0.484 e. The van der Waals surface area contributed by atoms with E-state index in [-0.39, 0.29) is 24.8 Å². The SMILES string of the molecule is COCCNC(=O)C(=O)N/N=C\c1cccc(OCC(=O)Nc2ccc(F)c(Cl)c2)c1. The summed E-state index contributed by atoms with van der Waals surface area (Å²) in [4.78, 5) is 35.1. The van der Waals surface area contributed by atoms with Gasteiger partial charge in [-0.3, -0.25) is 14.4 Å². The molecular formula is C20H20ClFN4O5. The molecule has 31 heavy (non-hydrogen) atoms. The maximum absolute atomic E-state index is 13.2. The van der Waals surface area contributed by atoms with E-state index in [4.69, 9.17) is 21.1 Å². The van der Waals surface area contributed by atoms with Crippen LogP contribution < -0.4 is 20.8 Å². The molecule has 0 atom stereocenters. The fourth-order valence-electron chi connectivity index (χ4n) is 2.17. The van der Waals surface area contributed by atoms with Crippen LogP contribution in [0.5, 0.6) is 5.75 Å². The quantitative estimate of drug-likeness (QED) is 0.233. The third-order valence-electron chi connectivity index (χ3n) is 3.61. The Kier molecular flexibility index (Phi) is 9.40. The highest BCUT2D eigenvalue weighted by atomic mass is 35.5. The van der Waals surface area contributed by atoms with Crippen LogP contribution in [0.2, 0.25) is 5.02 Å². The summed E-state index contributed by atoms with van der Waals surface area (Å²) in [6, 6.07) is 10.4. The Labute approximate surface area is 182 Å². The number of hydrogen-bond donors (Lipinski definition) is 3. The molecule has 0 unspecified atom stereocenters. The van der Waals surface area contributed by atoms with E-state index in [2.05, 4.69) is 21.2 Å². The van der Waals surface area contributed by atoms with E-state index in [0.717, 1.165) is 6.07 Å². The topological polar surface area (TPSA) is 118 Å². The Morgan fingerprint density at radius 1 is 1.16 bits per heavy atom. The van der Waals surface area contributed by atoms with Crippen LogP contribution in [0, 0.1) is 5.82 Å². The average molecular weight is 451 g/mol. The Hall–Kier alpha value is -3.50. The van der Waals surface area contributed by atoms with Crippen molar-refractivity contribution in [1.82, 2.24) is 10.7 Å². The van der Waals surface area contributed by atoms with Gasteiger partial charge in [0.25, 0.3) is 5.91 Å². The number of amides is 3. The van der Waals surface area contributed by atoms with Gasteiger partial charge < -0.3 is 20.1 Å². The second-order valence-corrected chi connectivity index (χ2v) is 6.39. The molecule has 0 aliphatic rings. The minimum atomic E-state index is -0.919. The van der Waals surface area contributed by atoms with Crippen molar-refractivity contribution in [3.63, 3.8) is 0 Å². The lowest BCUT2D eigenvalue weighted by atomic mass is 10.2. The van der Waals surface area contributed by atoms with Crippen LogP contribution in [0.4, 0.5) is 10.1 Å². The van der Waals surface area contributed by atoms with Crippen LogP contribution >= 0.6 is 11.6 Å². The number of hydrazone groups is 1. The number of hydrogen-bond acceptors (Lipinski definition) is 6. The summed E-state index contributed by atoms with van der Waals surface area (Å²) in [7, 11) is 1.47. The zero-order valence-electron chi connectivity index (χ0n) is 16.5. The van der Waals surface area contributed by atoms with Gasteiger partial charge in [0.05, 0.1) is 17.8 Å². The summed E-state index contributed by atoms with van der Waals surface area (Å²) in [6.07, 6.45) is 1.31. The van der Waals surface area contributed by atoms with Gasteiger partial charge in [-0.25, -0.2) is 9.82 Å². The van der Waals surface area contributed by atoms with E-state index in [0.29, 0.717) is 17.0 Å². The van der Waals surface area contributed by atoms with Crippen LogP contribution in [0.15, 0.2) is 47.6 Å². The van der Waals surface area contributed by atoms with E-state index in [1.165, 1.54) is 25.5 Å². The lowest BCUT2D eigenvalue weighted by molar-refractivity contribution is -0.139. The molecule has 0 heterocycles. The first-order valence-electron chi connectivity index (χ1n) is 8.97. The molecule has 0 aliphatic carbocycles. The van der Waals surface area contributed by atoms with Gasteiger partial charge in [0.2, 0.25) is 0 Å². The molecule has 0 aromatic heterocycles. The number of anilines is 1. The van der Waals surface area contributed by atoms with Gasteiger partial charge in [-0.05, 0) is 35.9 Å². The van der Waals surface area contributed by atoms with E-state index >= 15 is 0 Å². The van der Waals surface area contributed by atoms with Gasteiger partial charge in [0.15, 0.2) is 6.61 Å². The number of carbonyl (C=O) groups excluding carboxylic acids is 3. The number of benzene rings is 2. The Morgan fingerprint density at radius 2 is 1.97 bits per heavy atom. The molecule has 2 rings (SSSR count). The molecule has 3 N–H and O–H groups in total. The van der Waals surface area contributed by atoms with Crippen LogP contribution in [0.1, 0.15) is 5.56 Å². The lowest BCUT2D eigenvalue weighted by Crippen LogP contribution is -2.39. The number of ether oxygens (including phenoxy) is 2. The van der Waals surface area contributed by atoms with E-state index < -0.39 is 23.5 Å². The smallest absolute Gasteiger partial charge is 0.329 e. The van der Waals surface area contributed by atoms with Gasteiger partial charge in [-0.15, -0.1) is 0 Å². The number of nitrogens with zero attached hydrogens (tertiary/aromatic N) is 1. The standard InChI is InChI=1S/C20H20ClFN4O5/c1-30-8-7-23-19(28)20(29)26-24-11-13-3-2-4-15(9-13)31-12-18(27)25-14-5-6-17(22)16(21)10-14/h2-6,9-11H,7-8,12H2,1H3,(H,23,28)(H,25,27)(H,26,29)/b24-11-. The van der Waals surface area contributed by atoms with Crippen LogP contribution in [-0.2, 0) is 19.1 Å². The molecule has 0 saturated heterocycles. The maximum atomic E-state index is 13.2. The normalized spacial score (nSPS) is 10.5. The molecule has 2 aromatic rings. The Bertz CT molecular complexity index is 970. The van der Waals surface area contributed by atoms with Crippen molar-refractivity contribution in [2.24, 2.45) is 5.10 Å². The molecule has 2 aromatic carbocycles. The monoisotopic (exact) mass is 450 g/mol. The zero-order chi connectivity index (χ0) is 22.6. The summed E-state index contributed by atoms with van der Waals surface area (Å²) in [5.74, 6) is -2.43. The minimum Gasteiger partial charge on any atom is -0.484 e. The first-order chi connectivity index (χ1) is 14.9. The summed E-state index contributed by atoms with van der Waals surface area (Å²) in [6.45, 7) is 0.187. The molecule has 9 nitrogen and oxygen atoms in total. The summed E-state index contributed by atoms with van der Waals surface area (Å²) in [5, 5.41) is 8.49. The van der Waals surface area contributed by atoms with Crippen molar-refractivity contribution < 1.29 is 28.2 Å². The highest BCUT2D eigenvalue weighted by molar-refractivity contribution is 6.35. The molecule has 0 saturated carbocycles. The molecule has 0 radical (unpaired) electrons. The predicted molar refractivity (Wildman–Crippen MR) is 113 cm³/mol. The summed E-state index contributed by atoms with van der Waals surface area (Å²) >= 11 is 5.67. The number of nitrogens with one attached hydrogen (secondary N) is 3. The fraction of sp³-hybridized carbons (Fsp3) is 0.200. The number of methoxy groups -OCH3 is 1. The molecule has 11 heteroatoms. The highest BCUT2D eigenvalue weighted by Crippen LogP contribution is 2.19. The van der Waals surface area contributed by atoms with Gasteiger partial charge in [-0.1, -0.05) is 23.7 Å². The first kappa shape index (κ1) is 23.8. The van der Waals surface area contributed by atoms with Crippen molar-refractivity contribution in [3.8, 4) is 5.75 Å². The third kappa shape index (κ3) is 8.41. The number of carbonyl (C=O) groups is 3. The van der Waals surface area contributed by atoms with Gasteiger partial charge >= 0.3 is 11.8 Å². The first-order valence-corrected chi connectivity index (χ1v) is 9.35. The van der Waals surface area contributed by atoms with E-state index in [1.54, 1.807) is 24.3 Å². The van der Waals surface area contributed by atoms with Crippen molar-refractivity contribution in [1.29, 1.82) is 0 Å². The van der Waals surface area contributed by atoms with E-state index in [9.17, 15) is 18.8 Å².